The van der Waals surface area contributed by atoms with Gasteiger partial charge in [-0.2, -0.15) is 4.99 Å². The summed E-state index contributed by atoms with van der Waals surface area (Å²) in [5.74, 6) is 0.209. The molecule has 0 spiro atoms. The normalized spacial score (nSPS) is 17.1. The van der Waals surface area contributed by atoms with Crippen molar-refractivity contribution in [3.05, 3.63) is 81.8 Å². The number of amidine groups is 2. The van der Waals surface area contributed by atoms with Crippen LogP contribution >= 0.6 is 11.6 Å². The monoisotopic (exact) mass is 411 g/mol. The molecule has 2 aromatic carbocycles. The molecular formula is C21H15ClFN3O3. The van der Waals surface area contributed by atoms with E-state index in [1.54, 1.807) is 49.4 Å². The van der Waals surface area contributed by atoms with Crippen molar-refractivity contribution in [3.8, 4) is 5.75 Å². The van der Waals surface area contributed by atoms with Gasteiger partial charge in [-0.3, -0.25) is 10.2 Å². The zero-order valence-corrected chi connectivity index (χ0v) is 16.0. The molecule has 0 radical (unpaired) electrons. The van der Waals surface area contributed by atoms with Crippen LogP contribution in [-0.4, -0.2) is 22.6 Å². The van der Waals surface area contributed by atoms with Crippen molar-refractivity contribution in [2.24, 2.45) is 4.99 Å². The van der Waals surface area contributed by atoms with E-state index in [1.165, 1.54) is 17.2 Å². The minimum absolute atomic E-state index is 0.0338. The van der Waals surface area contributed by atoms with Crippen LogP contribution in [0.1, 0.15) is 18.1 Å². The van der Waals surface area contributed by atoms with Gasteiger partial charge in [0.05, 0.1) is 10.6 Å². The third-order valence-electron chi connectivity index (χ3n) is 4.29. The Morgan fingerprint density at radius 3 is 2.86 bits per heavy atom. The highest BCUT2D eigenvalue weighted by atomic mass is 35.5. The maximum atomic E-state index is 13.7. The minimum atomic E-state index is -0.535. The zero-order valence-electron chi connectivity index (χ0n) is 15.3. The number of allylic oxidation sites excluding steroid dienone is 1. The number of ether oxygens (including phenoxy) is 1. The maximum Gasteiger partial charge on any atom is 0.282 e. The van der Waals surface area contributed by atoms with Crippen molar-refractivity contribution in [1.82, 2.24) is 5.06 Å². The number of nitrogens with one attached hydrogen (secondary N) is 1. The van der Waals surface area contributed by atoms with E-state index in [2.05, 4.69) is 4.99 Å². The summed E-state index contributed by atoms with van der Waals surface area (Å²) in [6, 6.07) is 11.2. The highest BCUT2D eigenvalue weighted by Gasteiger charge is 2.34. The first-order valence-corrected chi connectivity index (χ1v) is 9.06. The van der Waals surface area contributed by atoms with E-state index < -0.39 is 5.91 Å². The molecule has 8 heteroatoms. The Balaban J connectivity index is 1.53. The van der Waals surface area contributed by atoms with Crippen molar-refractivity contribution in [1.29, 1.82) is 5.41 Å². The van der Waals surface area contributed by atoms with E-state index >= 15 is 0 Å². The van der Waals surface area contributed by atoms with Gasteiger partial charge in [-0.15, -0.1) is 5.06 Å². The Hall–Kier alpha value is -3.45. The van der Waals surface area contributed by atoms with Gasteiger partial charge in [-0.25, -0.2) is 4.39 Å². The van der Waals surface area contributed by atoms with Crippen molar-refractivity contribution in [2.45, 2.75) is 13.5 Å². The molecule has 2 aromatic rings. The van der Waals surface area contributed by atoms with Gasteiger partial charge in [0.1, 0.15) is 23.9 Å². The summed E-state index contributed by atoms with van der Waals surface area (Å²) in [5.41, 5.74) is 1.08. The van der Waals surface area contributed by atoms with Gasteiger partial charge in [-0.05, 0) is 36.8 Å². The smallest absolute Gasteiger partial charge is 0.282 e. The molecule has 4 rings (SSSR count). The Labute approximate surface area is 171 Å². The number of hydrogen-bond donors (Lipinski definition) is 1. The van der Waals surface area contributed by atoms with Gasteiger partial charge >= 0.3 is 0 Å². The second-order valence-electron chi connectivity index (χ2n) is 6.39. The van der Waals surface area contributed by atoms with Gasteiger partial charge in [0.25, 0.3) is 5.91 Å². The molecule has 1 N–H and O–H groups in total. The Bertz CT molecular complexity index is 1120. The molecule has 0 saturated carbocycles. The molecule has 0 saturated heterocycles. The number of carbonyl (C=O) groups excluding carboxylic acids is 1. The molecule has 2 aliphatic rings. The molecule has 29 heavy (non-hydrogen) atoms. The lowest BCUT2D eigenvalue weighted by molar-refractivity contribution is -0.114. The van der Waals surface area contributed by atoms with Crippen LogP contribution in [0.4, 0.5) is 4.39 Å². The fourth-order valence-corrected chi connectivity index (χ4v) is 3.11. The van der Waals surface area contributed by atoms with Gasteiger partial charge in [0.2, 0.25) is 0 Å². The molecule has 2 aliphatic heterocycles. The van der Waals surface area contributed by atoms with Gasteiger partial charge in [-0.1, -0.05) is 35.9 Å². The highest BCUT2D eigenvalue weighted by molar-refractivity contribution is 6.33. The number of rotatable bonds is 4. The van der Waals surface area contributed by atoms with Gasteiger partial charge in [0, 0.05) is 11.6 Å². The first kappa shape index (κ1) is 18.9. The van der Waals surface area contributed by atoms with E-state index in [0.29, 0.717) is 27.7 Å². The molecule has 2 heterocycles. The number of aliphatic imine (C=N–C) groups is 1. The van der Waals surface area contributed by atoms with Crippen LogP contribution in [0.25, 0.3) is 6.08 Å². The fourth-order valence-electron chi connectivity index (χ4n) is 2.86. The number of fused-ring (bicyclic) bond motifs is 1. The number of amides is 1. The Morgan fingerprint density at radius 2 is 2.10 bits per heavy atom. The summed E-state index contributed by atoms with van der Waals surface area (Å²) in [7, 11) is 0. The fraction of sp³-hybridized carbons (Fsp3) is 0.0952. The predicted octanol–water partition coefficient (Wildman–Crippen LogP) is 4.51. The van der Waals surface area contributed by atoms with Gasteiger partial charge < -0.3 is 9.57 Å². The molecule has 1 amide bonds. The second kappa shape index (κ2) is 7.52. The van der Waals surface area contributed by atoms with Crippen molar-refractivity contribution >= 4 is 35.3 Å². The number of hydroxylamine groups is 2. The summed E-state index contributed by atoms with van der Waals surface area (Å²) in [6.45, 7) is 1.74. The van der Waals surface area contributed by atoms with Crippen LogP contribution < -0.4 is 4.74 Å². The number of carbonyl (C=O) groups is 1. The standard InChI is InChI=1S/C21H15ClFN3O3/c1-12-8-19-25-21(27)15(20(24)26(19)29-12)9-13-6-7-18(16(22)10-13)28-11-14-4-2-3-5-17(14)23/h2-10,24H,11H2,1H3/b15-9+,24-20?. The average Bonchev–Trinajstić information content (AvgIpc) is 3.06. The molecule has 146 valence electrons. The lowest BCUT2D eigenvalue weighted by atomic mass is 10.1. The van der Waals surface area contributed by atoms with E-state index in [0.717, 1.165) is 0 Å². The maximum absolute atomic E-state index is 13.7. The first-order valence-electron chi connectivity index (χ1n) is 8.68. The number of nitrogens with zero attached hydrogens (tertiary/aromatic N) is 2. The molecule has 6 nitrogen and oxygen atoms in total. The summed E-state index contributed by atoms with van der Waals surface area (Å²) < 4.78 is 19.3. The lowest BCUT2D eigenvalue weighted by Gasteiger charge is -2.23. The second-order valence-corrected chi connectivity index (χ2v) is 6.80. The molecular weight excluding hydrogens is 397 g/mol. The predicted molar refractivity (Wildman–Crippen MR) is 107 cm³/mol. The number of benzene rings is 2. The molecule has 0 aromatic heterocycles. The summed E-state index contributed by atoms with van der Waals surface area (Å²) >= 11 is 6.28. The average molecular weight is 412 g/mol. The number of halogens is 2. The molecule has 0 fully saturated rings. The molecule has 0 unspecified atom stereocenters. The van der Waals surface area contributed by atoms with Crippen molar-refractivity contribution < 1.29 is 18.8 Å². The molecule has 0 bridgehead atoms. The van der Waals surface area contributed by atoms with Crippen LogP contribution in [0.5, 0.6) is 5.75 Å². The quantitative estimate of drug-likeness (QED) is 0.751. The largest absolute Gasteiger partial charge is 0.487 e. The van der Waals surface area contributed by atoms with E-state index in [1.807, 2.05) is 0 Å². The van der Waals surface area contributed by atoms with Crippen molar-refractivity contribution in [3.63, 3.8) is 0 Å². The van der Waals surface area contributed by atoms with Crippen LogP contribution in [-0.2, 0) is 16.2 Å². The van der Waals surface area contributed by atoms with Crippen LogP contribution in [0.15, 0.2) is 64.9 Å². The third-order valence-corrected chi connectivity index (χ3v) is 4.58. The van der Waals surface area contributed by atoms with E-state index in [-0.39, 0.29) is 29.7 Å². The molecule has 0 aliphatic carbocycles. The highest BCUT2D eigenvalue weighted by Crippen LogP contribution is 2.29. The van der Waals surface area contributed by atoms with Gasteiger partial charge in [0.15, 0.2) is 11.7 Å². The SMILES string of the molecule is CC1=CC2=NC(=O)/C(=C/c3ccc(OCc4ccccc4F)c(Cl)c3)C(=N)N2O1. The molecule has 0 atom stereocenters. The summed E-state index contributed by atoms with van der Waals surface area (Å²) in [5, 5.41) is 9.71. The van der Waals surface area contributed by atoms with Crippen LogP contribution in [0.2, 0.25) is 5.02 Å². The minimum Gasteiger partial charge on any atom is -0.487 e. The first-order chi connectivity index (χ1) is 13.9. The Morgan fingerprint density at radius 1 is 1.31 bits per heavy atom. The summed E-state index contributed by atoms with van der Waals surface area (Å²) in [4.78, 5) is 21.6. The van der Waals surface area contributed by atoms with Crippen LogP contribution in [0.3, 0.4) is 0 Å². The third kappa shape index (κ3) is 3.77. The number of hydrogen-bond acceptors (Lipinski definition) is 4. The van der Waals surface area contributed by atoms with Crippen LogP contribution in [0, 0.1) is 11.2 Å². The Kier molecular flexibility index (Phi) is 4.90. The topological polar surface area (TPSA) is 75.0 Å². The van der Waals surface area contributed by atoms with Crippen molar-refractivity contribution in [2.75, 3.05) is 0 Å². The van der Waals surface area contributed by atoms with E-state index in [4.69, 9.17) is 26.6 Å². The summed E-state index contributed by atoms with van der Waals surface area (Å²) in [6.07, 6.45) is 3.09. The zero-order chi connectivity index (χ0) is 20.5. The lowest BCUT2D eigenvalue weighted by Crippen LogP contribution is -2.38. The van der Waals surface area contributed by atoms with E-state index in [9.17, 15) is 9.18 Å².